The summed E-state index contributed by atoms with van der Waals surface area (Å²) in [5.74, 6) is -0.307. The second-order valence-electron chi connectivity index (χ2n) is 5.49. The maximum atomic E-state index is 11.8. The van der Waals surface area contributed by atoms with Gasteiger partial charge in [0.05, 0.1) is 5.75 Å². The van der Waals surface area contributed by atoms with Gasteiger partial charge in [0.2, 0.25) is 11.0 Å². The molecule has 0 aliphatic heterocycles. The van der Waals surface area contributed by atoms with Crippen molar-refractivity contribution in [1.29, 1.82) is 0 Å². The Hall–Kier alpha value is -2.39. The van der Waals surface area contributed by atoms with Crippen LogP contribution in [-0.2, 0) is 17.6 Å². The highest BCUT2D eigenvalue weighted by Crippen LogP contribution is 2.31. The molecule has 27 heavy (non-hydrogen) atoms. The highest BCUT2D eigenvalue weighted by Gasteiger charge is 2.12. The number of thioether (sulfide) groups is 1. The zero-order valence-electron chi connectivity index (χ0n) is 15.4. The summed E-state index contributed by atoms with van der Waals surface area (Å²) in [5.41, 5.74) is 3.53. The average Bonchev–Trinajstić information content (AvgIpc) is 3.12. The molecule has 0 unspecified atom stereocenters. The van der Waals surface area contributed by atoms with E-state index in [0.717, 1.165) is 18.5 Å². The van der Waals surface area contributed by atoms with E-state index in [4.69, 9.17) is 0 Å². The van der Waals surface area contributed by atoms with Crippen molar-refractivity contribution >= 4 is 45.9 Å². The van der Waals surface area contributed by atoms with Crippen LogP contribution in [0, 0.1) is 0 Å². The smallest absolute Gasteiger partial charge is 0.321 e. The summed E-state index contributed by atoms with van der Waals surface area (Å²) in [7, 11) is 0. The summed E-state index contributed by atoms with van der Waals surface area (Å²) in [5, 5.41) is 17.0. The monoisotopic (exact) mass is 405 g/mol. The van der Waals surface area contributed by atoms with Crippen molar-refractivity contribution in [2.75, 3.05) is 17.6 Å². The van der Waals surface area contributed by atoms with E-state index < -0.39 is 11.9 Å². The van der Waals surface area contributed by atoms with Crippen LogP contribution in [0.3, 0.4) is 0 Å². The molecule has 0 radical (unpaired) electrons. The van der Waals surface area contributed by atoms with Gasteiger partial charge in [0.25, 0.3) is 0 Å². The van der Waals surface area contributed by atoms with Crippen molar-refractivity contribution in [2.24, 2.45) is 0 Å². The first-order chi connectivity index (χ1) is 13.1. The number of nitrogens with one attached hydrogen (secondary N) is 3. The second-order valence-corrected chi connectivity index (χ2v) is 7.69. The van der Waals surface area contributed by atoms with E-state index in [1.807, 2.05) is 0 Å². The van der Waals surface area contributed by atoms with Crippen LogP contribution >= 0.6 is 23.1 Å². The number of aromatic nitrogens is 2. The van der Waals surface area contributed by atoms with Crippen LogP contribution in [0.25, 0.3) is 0 Å². The van der Waals surface area contributed by atoms with Crippen LogP contribution in [0.2, 0.25) is 0 Å². The van der Waals surface area contributed by atoms with Gasteiger partial charge >= 0.3 is 6.03 Å². The molecular formula is C18H23N5O2S2. The van der Waals surface area contributed by atoms with Crippen molar-refractivity contribution in [3.8, 4) is 0 Å². The van der Waals surface area contributed by atoms with Crippen LogP contribution in [0.15, 0.2) is 35.2 Å². The third-order valence-electron chi connectivity index (χ3n) is 3.62. The first-order valence-electron chi connectivity index (χ1n) is 8.60. The number of amides is 3. The molecule has 1 aromatic heterocycles. The van der Waals surface area contributed by atoms with Gasteiger partial charge in [-0.3, -0.25) is 10.1 Å². The van der Waals surface area contributed by atoms with E-state index in [2.05, 4.69) is 64.8 Å². The molecule has 0 saturated heterocycles. The van der Waals surface area contributed by atoms with E-state index in [1.165, 1.54) is 40.3 Å². The van der Waals surface area contributed by atoms with E-state index in [-0.39, 0.29) is 5.75 Å². The Bertz CT molecular complexity index is 785. The van der Waals surface area contributed by atoms with Gasteiger partial charge in [-0.05, 0) is 24.0 Å². The summed E-state index contributed by atoms with van der Waals surface area (Å²) in [6.45, 7) is 8.03. The molecule has 1 heterocycles. The summed E-state index contributed by atoms with van der Waals surface area (Å²) < 4.78 is 0.658. The normalized spacial score (nSPS) is 10.3. The lowest BCUT2D eigenvalue weighted by Gasteiger charge is -2.13. The molecule has 2 rings (SSSR count). The van der Waals surface area contributed by atoms with Gasteiger partial charge in [0.15, 0.2) is 4.34 Å². The van der Waals surface area contributed by atoms with Crippen molar-refractivity contribution in [3.05, 3.63) is 42.0 Å². The lowest BCUT2D eigenvalue weighted by molar-refractivity contribution is -0.117. The fourth-order valence-corrected chi connectivity index (χ4v) is 3.88. The molecule has 0 saturated carbocycles. The number of hydrogen-bond donors (Lipinski definition) is 3. The highest BCUT2D eigenvalue weighted by molar-refractivity contribution is 8.01. The Morgan fingerprint density at radius 3 is 2.56 bits per heavy atom. The SMILES string of the molecule is C=CCNC(=O)NC(=O)CSc1nnc(Nc2c(CC)cccc2CC)s1. The van der Waals surface area contributed by atoms with Crippen LogP contribution in [0.5, 0.6) is 0 Å². The number of anilines is 2. The zero-order valence-corrected chi connectivity index (χ0v) is 17.0. The zero-order chi connectivity index (χ0) is 19.6. The molecule has 0 bridgehead atoms. The third kappa shape index (κ3) is 6.37. The quantitative estimate of drug-likeness (QED) is 0.436. The topological polar surface area (TPSA) is 96.0 Å². The predicted molar refractivity (Wildman–Crippen MR) is 111 cm³/mol. The Kier molecular flexibility index (Phi) is 8.28. The molecule has 0 aliphatic carbocycles. The number of benzene rings is 1. The molecule has 2 aromatic rings. The van der Waals surface area contributed by atoms with E-state index in [9.17, 15) is 9.59 Å². The Morgan fingerprint density at radius 2 is 1.93 bits per heavy atom. The number of aryl methyl sites for hydroxylation is 2. The van der Waals surface area contributed by atoms with Crippen molar-refractivity contribution < 1.29 is 9.59 Å². The number of carbonyl (C=O) groups excluding carboxylic acids is 2. The maximum Gasteiger partial charge on any atom is 0.321 e. The summed E-state index contributed by atoms with van der Waals surface area (Å²) in [6, 6.07) is 5.72. The highest BCUT2D eigenvalue weighted by atomic mass is 32.2. The van der Waals surface area contributed by atoms with Crippen LogP contribution in [0.1, 0.15) is 25.0 Å². The molecule has 0 spiro atoms. The molecule has 1 aromatic carbocycles. The maximum absolute atomic E-state index is 11.8. The van der Waals surface area contributed by atoms with Gasteiger partial charge in [-0.25, -0.2) is 4.79 Å². The lowest BCUT2D eigenvalue weighted by atomic mass is 10.0. The fraction of sp³-hybridized carbons (Fsp3) is 0.333. The van der Waals surface area contributed by atoms with Gasteiger partial charge in [-0.2, -0.15) is 0 Å². The average molecular weight is 406 g/mol. The van der Waals surface area contributed by atoms with Gasteiger partial charge in [0.1, 0.15) is 0 Å². The summed E-state index contributed by atoms with van der Waals surface area (Å²) in [4.78, 5) is 23.2. The summed E-state index contributed by atoms with van der Waals surface area (Å²) in [6.07, 6.45) is 3.38. The number of nitrogens with zero attached hydrogens (tertiary/aromatic N) is 2. The van der Waals surface area contributed by atoms with Crippen LogP contribution < -0.4 is 16.0 Å². The number of imide groups is 1. The molecular weight excluding hydrogens is 382 g/mol. The van der Waals surface area contributed by atoms with E-state index in [0.29, 0.717) is 16.0 Å². The number of hydrogen-bond acceptors (Lipinski definition) is 7. The predicted octanol–water partition coefficient (Wildman–Crippen LogP) is 3.51. The molecule has 0 aliphatic rings. The standard InChI is InChI=1S/C18H23N5O2S2/c1-4-10-19-16(25)20-14(24)11-26-18-23-22-17(27-18)21-15-12(5-2)8-7-9-13(15)6-3/h4,7-9H,1,5-6,10-11H2,2-3H3,(H,21,22)(H2,19,20,24,25). The summed E-state index contributed by atoms with van der Waals surface area (Å²) >= 11 is 2.62. The van der Waals surface area contributed by atoms with Gasteiger partial charge in [0, 0.05) is 12.2 Å². The van der Waals surface area contributed by atoms with Gasteiger partial charge in [-0.1, -0.05) is 61.2 Å². The molecule has 144 valence electrons. The van der Waals surface area contributed by atoms with Crippen molar-refractivity contribution in [3.63, 3.8) is 0 Å². The minimum Gasteiger partial charge on any atom is -0.334 e. The Labute approximate surface area is 167 Å². The molecule has 0 fully saturated rings. The minimum atomic E-state index is -0.539. The fourth-order valence-electron chi connectivity index (χ4n) is 2.33. The van der Waals surface area contributed by atoms with Gasteiger partial charge < -0.3 is 10.6 Å². The number of urea groups is 1. The number of para-hydroxylation sites is 1. The molecule has 9 heteroatoms. The molecule has 7 nitrogen and oxygen atoms in total. The largest absolute Gasteiger partial charge is 0.334 e. The molecule has 3 amide bonds. The van der Waals surface area contributed by atoms with Crippen LogP contribution in [0.4, 0.5) is 15.6 Å². The molecule has 0 atom stereocenters. The minimum absolute atomic E-state index is 0.0852. The van der Waals surface area contributed by atoms with Gasteiger partial charge in [-0.15, -0.1) is 16.8 Å². The van der Waals surface area contributed by atoms with Crippen LogP contribution in [-0.4, -0.2) is 34.4 Å². The first kappa shape index (κ1) is 20.9. The number of rotatable bonds is 9. The first-order valence-corrected chi connectivity index (χ1v) is 10.4. The number of carbonyl (C=O) groups is 2. The second kappa shape index (κ2) is 10.7. The van der Waals surface area contributed by atoms with E-state index >= 15 is 0 Å². The van der Waals surface area contributed by atoms with Crippen molar-refractivity contribution in [2.45, 2.75) is 31.0 Å². The Balaban J connectivity index is 1.93. The van der Waals surface area contributed by atoms with E-state index in [1.54, 1.807) is 0 Å². The molecule has 3 N–H and O–H groups in total. The lowest BCUT2D eigenvalue weighted by Crippen LogP contribution is -2.40. The Morgan fingerprint density at radius 1 is 1.22 bits per heavy atom. The third-order valence-corrected chi connectivity index (χ3v) is 5.60. The van der Waals surface area contributed by atoms with Crippen molar-refractivity contribution in [1.82, 2.24) is 20.8 Å².